The molecule has 1 aromatic heterocycles. The van der Waals surface area contributed by atoms with E-state index in [-0.39, 0.29) is 5.84 Å². The second-order valence-electron chi connectivity index (χ2n) is 4.18. The summed E-state index contributed by atoms with van der Waals surface area (Å²) in [5.74, 6) is -0.0124. The van der Waals surface area contributed by atoms with Crippen molar-refractivity contribution < 1.29 is 5.21 Å². The SMILES string of the molecule is CN(Cc1ccc(Cl)s1)c1cccc(Cl)c1C(N)=NO. The third kappa shape index (κ3) is 3.17. The average Bonchev–Trinajstić information content (AvgIpc) is 2.83. The maximum atomic E-state index is 8.88. The number of rotatable bonds is 4. The second kappa shape index (κ2) is 6.35. The van der Waals surface area contributed by atoms with Gasteiger partial charge in [-0.1, -0.05) is 34.4 Å². The van der Waals surface area contributed by atoms with Gasteiger partial charge < -0.3 is 15.8 Å². The van der Waals surface area contributed by atoms with E-state index in [9.17, 15) is 0 Å². The molecule has 20 heavy (non-hydrogen) atoms. The molecule has 1 heterocycles. The van der Waals surface area contributed by atoms with Crippen molar-refractivity contribution in [3.05, 3.63) is 50.1 Å². The Balaban J connectivity index is 2.34. The molecule has 0 aliphatic heterocycles. The van der Waals surface area contributed by atoms with Crippen LogP contribution in [0.15, 0.2) is 35.5 Å². The highest BCUT2D eigenvalue weighted by atomic mass is 35.5. The first kappa shape index (κ1) is 15.0. The van der Waals surface area contributed by atoms with Crippen LogP contribution in [0.25, 0.3) is 0 Å². The normalized spacial score (nSPS) is 11.7. The topological polar surface area (TPSA) is 61.8 Å². The summed E-state index contributed by atoms with van der Waals surface area (Å²) in [6, 6.07) is 9.22. The molecule has 3 N–H and O–H groups in total. The standard InChI is InChI=1S/C13H13Cl2N3OS/c1-18(7-8-5-6-11(15)20-8)10-4-2-3-9(14)12(10)13(16)17-19/h2-6,19H,7H2,1H3,(H2,16,17). The Kier molecular flexibility index (Phi) is 4.75. The zero-order valence-electron chi connectivity index (χ0n) is 10.7. The van der Waals surface area contributed by atoms with Crippen LogP contribution in [0.1, 0.15) is 10.4 Å². The molecule has 0 atom stereocenters. The molecule has 0 fully saturated rings. The van der Waals surface area contributed by atoms with Gasteiger partial charge in [0.2, 0.25) is 0 Å². The van der Waals surface area contributed by atoms with Crippen LogP contribution in [0.4, 0.5) is 5.69 Å². The molecule has 0 saturated heterocycles. The average molecular weight is 330 g/mol. The number of hydrogen-bond donors (Lipinski definition) is 2. The molecule has 7 heteroatoms. The van der Waals surface area contributed by atoms with Gasteiger partial charge in [-0.25, -0.2) is 0 Å². The maximum Gasteiger partial charge on any atom is 0.173 e. The van der Waals surface area contributed by atoms with Gasteiger partial charge in [0, 0.05) is 17.6 Å². The molecule has 1 aromatic carbocycles. The van der Waals surface area contributed by atoms with E-state index >= 15 is 0 Å². The fraction of sp³-hybridized carbons (Fsp3) is 0.154. The molecule has 0 aliphatic rings. The van der Waals surface area contributed by atoms with E-state index in [2.05, 4.69) is 5.16 Å². The van der Waals surface area contributed by atoms with Gasteiger partial charge in [0.05, 0.1) is 21.5 Å². The summed E-state index contributed by atoms with van der Waals surface area (Å²) in [4.78, 5) is 3.09. The molecule has 106 valence electrons. The number of hydrogen-bond acceptors (Lipinski definition) is 4. The van der Waals surface area contributed by atoms with E-state index in [4.69, 9.17) is 34.1 Å². The number of thiophene rings is 1. The zero-order chi connectivity index (χ0) is 14.7. The van der Waals surface area contributed by atoms with Crippen molar-refractivity contribution in [2.75, 3.05) is 11.9 Å². The van der Waals surface area contributed by atoms with E-state index in [1.54, 1.807) is 6.07 Å². The molecule has 0 aliphatic carbocycles. The van der Waals surface area contributed by atoms with E-state index in [1.165, 1.54) is 11.3 Å². The van der Waals surface area contributed by atoms with E-state index < -0.39 is 0 Å². The van der Waals surface area contributed by atoms with Crippen molar-refractivity contribution in [3.8, 4) is 0 Å². The number of nitrogens with zero attached hydrogens (tertiary/aromatic N) is 2. The Hall–Kier alpha value is -1.43. The van der Waals surface area contributed by atoms with Crippen molar-refractivity contribution in [3.63, 3.8) is 0 Å². The van der Waals surface area contributed by atoms with Crippen molar-refractivity contribution in [1.82, 2.24) is 0 Å². The fourth-order valence-electron chi connectivity index (χ4n) is 1.89. The van der Waals surface area contributed by atoms with Crippen LogP contribution >= 0.6 is 34.5 Å². The summed E-state index contributed by atoms with van der Waals surface area (Å²) >= 11 is 13.6. The van der Waals surface area contributed by atoms with Crippen molar-refractivity contribution in [2.45, 2.75) is 6.54 Å². The molecular formula is C13H13Cl2N3OS. The van der Waals surface area contributed by atoms with Crippen LogP contribution in [-0.4, -0.2) is 18.1 Å². The maximum absolute atomic E-state index is 8.88. The van der Waals surface area contributed by atoms with E-state index in [1.807, 2.05) is 36.2 Å². The molecule has 2 aromatic rings. The lowest BCUT2D eigenvalue weighted by Crippen LogP contribution is -2.22. The number of oxime groups is 1. The van der Waals surface area contributed by atoms with Crippen molar-refractivity contribution in [2.24, 2.45) is 10.9 Å². The first-order chi connectivity index (χ1) is 9.52. The molecule has 0 spiro atoms. The molecule has 0 saturated carbocycles. The highest BCUT2D eigenvalue weighted by Gasteiger charge is 2.15. The second-order valence-corrected chi connectivity index (χ2v) is 6.39. The first-order valence-electron chi connectivity index (χ1n) is 5.74. The van der Waals surface area contributed by atoms with Crippen LogP contribution in [0.5, 0.6) is 0 Å². The third-order valence-corrected chi connectivity index (χ3v) is 4.32. The Morgan fingerprint density at radius 3 is 2.70 bits per heavy atom. The molecular weight excluding hydrogens is 317 g/mol. The summed E-state index contributed by atoms with van der Waals surface area (Å²) in [6.45, 7) is 0.656. The summed E-state index contributed by atoms with van der Waals surface area (Å²) in [7, 11) is 1.91. The van der Waals surface area contributed by atoms with Crippen LogP contribution in [0, 0.1) is 0 Å². The van der Waals surface area contributed by atoms with E-state index in [0.29, 0.717) is 17.1 Å². The fourth-order valence-corrected chi connectivity index (χ4v) is 3.30. The number of anilines is 1. The van der Waals surface area contributed by atoms with Gasteiger partial charge >= 0.3 is 0 Å². The van der Waals surface area contributed by atoms with Gasteiger partial charge in [-0.2, -0.15) is 0 Å². The monoisotopic (exact) mass is 329 g/mol. The van der Waals surface area contributed by atoms with Crippen LogP contribution in [0.3, 0.4) is 0 Å². The lowest BCUT2D eigenvalue weighted by Gasteiger charge is -2.22. The van der Waals surface area contributed by atoms with Gasteiger partial charge in [0.1, 0.15) is 0 Å². The van der Waals surface area contributed by atoms with Gasteiger partial charge in [-0.15, -0.1) is 11.3 Å². The number of benzene rings is 1. The Morgan fingerprint density at radius 2 is 2.10 bits per heavy atom. The summed E-state index contributed by atoms with van der Waals surface area (Å²) < 4.78 is 0.746. The van der Waals surface area contributed by atoms with Crippen LogP contribution in [-0.2, 0) is 6.54 Å². The first-order valence-corrected chi connectivity index (χ1v) is 7.32. The van der Waals surface area contributed by atoms with Gasteiger partial charge in [0.25, 0.3) is 0 Å². The summed E-state index contributed by atoms with van der Waals surface area (Å²) in [5.41, 5.74) is 7.01. The molecule has 4 nitrogen and oxygen atoms in total. The Bertz CT molecular complexity index is 642. The lowest BCUT2D eigenvalue weighted by atomic mass is 10.1. The molecule has 2 rings (SSSR count). The minimum Gasteiger partial charge on any atom is -0.409 e. The Labute approximate surface area is 131 Å². The smallest absolute Gasteiger partial charge is 0.173 e. The van der Waals surface area contributed by atoms with Gasteiger partial charge in [-0.05, 0) is 24.3 Å². The third-order valence-electron chi connectivity index (χ3n) is 2.79. The van der Waals surface area contributed by atoms with E-state index in [0.717, 1.165) is 14.9 Å². The lowest BCUT2D eigenvalue weighted by molar-refractivity contribution is 0.318. The predicted octanol–water partition coefficient (Wildman–Crippen LogP) is 3.79. The summed E-state index contributed by atoms with van der Waals surface area (Å²) in [5, 5.41) is 12.4. The number of amidine groups is 1. The number of nitrogens with two attached hydrogens (primary N) is 1. The zero-order valence-corrected chi connectivity index (χ0v) is 13.0. The number of halogens is 2. The minimum atomic E-state index is -0.0124. The van der Waals surface area contributed by atoms with Crippen LogP contribution < -0.4 is 10.6 Å². The van der Waals surface area contributed by atoms with Gasteiger partial charge in [0.15, 0.2) is 5.84 Å². The molecule has 0 unspecified atom stereocenters. The highest BCUT2D eigenvalue weighted by Crippen LogP contribution is 2.29. The van der Waals surface area contributed by atoms with Crippen LogP contribution in [0.2, 0.25) is 9.36 Å². The minimum absolute atomic E-state index is 0.0124. The largest absolute Gasteiger partial charge is 0.409 e. The summed E-state index contributed by atoms with van der Waals surface area (Å²) in [6.07, 6.45) is 0. The quantitative estimate of drug-likeness (QED) is 0.388. The highest BCUT2D eigenvalue weighted by molar-refractivity contribution is 7.16. The van der Waals surface area contributed by atoms with Crippen molar-refractivity contribution in [1.29, 1.82) is 0 Å². The Morgan fingerprint density at radius 1 is 1.35 bits per heavy atom. The predicted molar refractivity (Wildman–Crippen MR) is 85.4 cm³/mol. The van der Waals surface area contributed by atoms with Crippen molar-refractivity contribution >= 4 is 46.1 Å². The molecule has 0 amide bonds. The molecule has 0 bridgehead atoms. The van der Waals surface area contributed by atoms with Gasteiger partial charge in [-0.3, -0.25) is 0 Å². The molecule has 0 radical (unpaired) electrons.